The Morgan fingerprint density at radius 2 is 2.36 bits per heavy atom. The molecule has 0 spiro atoms. The van der Waals surface area contributed by atoms with E-state index >= 15 is 0 Å². The Hall–Kier alpha value is -1.56. The summed E-state index contributed by atoms with van der Waals surface area (Å²) in [5.74, 6) is -1.25. The fraction of sp³-hybridized carbons (Fsp3) is 0.200. The van der Waals surface area contributed by atoms with Gasteiger partial charge in [-0.05, 0) is 0 Å². The molecule has 2 amide bonds. The third kappa shape index (κ3) is 1.15. The van der Waals surface area contributed by atoms with Crippen LogP contribution in [-0.4, -0.2) is 23.6 Å². The van der Waals surface area contributed by atoms with Gasteiger partial charge in [0.1, 0.15) is 5.70 Å². The predicted octanol–water partition coefficient (Wildman–Crippen LogP) is -2.17. The van der Waals surface area contributed by atoms with E-state index in [0.717, 1.165) is 0 Å². The van der Waals surface area contributed by atoms with Crippen LogP contribution in [0.2, 0.25) is 0 Å². The maximum atomic E-state index is 10.7. The van der Waals surface area contributed by atoms with Gasteiger partial charge in [-0.25, -0.2) is 0 Å². The van der Waals surface area contributed by atoms with Crippen LogP contribution >= 0.6 is 0 Å². The van der Waals surface area contributed by atoms with Crippen molar-refractivity contribution in [3.63, 3.8) is 0 Å². The minimum absolute atomic E-state index is 0.0665. The highest BCUT2D eigenvalue weighted by molar-refractivity contribution is 6.07. The highest BCUT2D eigenvalue weighted by Crippen LogP contribution is 2.05. The van der Waals surface area contributed by atoms with Crippen LogP contribution in [0.15, 0.2) is 11.3 Å². The van der Waals surface area contributed by atoms with E-state index < -0.39 is 11.8 Å². The van der Waals surface area contributed by atoms with E-state index in [-0.39, 0.29) is 17.8 Å². The minimum Gasteiger partial charge on any atom is -0.366 e. The van der Waals surface area contributed by atoms with Crippen molar-refractivity contribution >= 4 is 11.8 Å². The van der Waals surface area contributed by atoms with Gasteiger partial charge in [0.25, 0.3) is 5.91 Å². The van der Waals surface area contributed by atoms with Crippen LogP contribution in [0, 0.1) is 0 Å². The summed E-state index contributed by atoms with van der Waals surface area (Å²) in [4.78, 5) is 21.3. The van der Waals surface area contributed by atoms with Crippen LogP contribution in [0.1, 0.15) is 0 Å². The van der Waals surface area contributed by atoms with Crippen molar-refractivity contribution < 1.29 is 14.8 Å². The quantitative estimate of drug-likeness (QED) is 0.342. The van der Waals surface area contributed by atoms with Gasteiger partial charge in [0.2, 0.25) is 5.91 Å². The van der Waals surface area contributed by atoms with Gasteiger partial charge in [-0.15, -0.1) is 0 Å². The zero-order valence-corrected chi connectivity index (χ0v) is 5.55. The molecule has 0 atom stereocenters. The molecule has 60 valence electrons. The maximum Gasteiger partial charge on any atom is 0.270 e. The number of nitrogens with one attached hydrogen (secondary N) is 2. The van der Waals surface area contributed by atoms with Gasteiger partial charge in [0, 0.05) is 0 Å². The van der Waals surface area contributed by atoms with Gasteiger partial charge in [-0.2, -0.15) is 0 Å². The first kappa shape index (κ1) is 7.55. The fourth-order valence-corrected chi connectivity index (χ4v) is 0.811. The molecule has 0 bridgehead atoms. The van der Waals surface area contributed by atoms with E-state index in [4.69, 9.17) is 10.9 Å². The minimum atomic E-state index is -0.722. The molecule has 1 rings (SSSR count). The summed E-state index contributed by atoms with van der Waals surface area (Å²) in [6.45, 7) is 0.0665. The van der Waals surface area contributed by atoms with Crippen molar-refractivity contribution in [3.8, 4) is 0 Å². The van der Waals surface area contributed by atoms with E-state index in [0.29, 0.717) is 0 Å². The largest absolute Gasteiger partial charge is 0.366 e. The molecule has 0 unspecified atom stereocenters. The van der Waals surface area contributed by atoms with Gasteiger partial charge < -0.3 is 11.1 Å². The number of amides is 2. The smallest absolute Gasteiger partial charge is 0.270 e. The molecule has 6 heteroatoms. The first-order valence-electron chi connectivity index (χ1n) is 2.88. The molecule has 6 nitrogen and oxygen atoms in total. The summed E-state index contributed by atoms with van der Waals surface area (Å²) in [5.41, 5.74) is 6.40. The van der Waals surface area contributed by atoms with Crippen LogP contribution in [0.3, 0.4) is 0 Å². The molecule has 0 aromatic heterocycles. The number of carbonyl (C=O) groups is 2. The molecule has 0 radical (unpaired) electrons. The zero-order valence-electron chi connectivity index (χ0n) is 5.55. The molecule has 0 aromatic rings. The van der Waals surface area contributed by atoms with E-state index in [9.17, 15) is 9.59 Å². The molecule has 1 heterocycles. The summed E-state index contributed by atoms with van der Waals surface area (Å²) in [6.07, 6.45) is 0. The van der Waals surface area contributed by atoms with Gasteiger partial charge in [-0.1, -0.05) is 0 Å². The number of hydrogen-bond acceptors (Lipinski definition) is 4. The molecular formula is C5H7N3O3. The van der Waals surface area contributed by atoms with Crippen LogP contribution in [0.5, 0.6) is 0 Å². The first-order valence-corrected chi connectivity index (χ1v) is 2.88. The van der Waals surface area contributed by atoms with Crippen molar-refractivity contribution in [2.75, 3.05) is 6.54 Å². The molecule has 0 fully saturated rings. The van der Waals surface area contributed by atoms with Crippen molar-refractivity contribution in [1.29, 1.82) is 0 Å². The standard InChI is InChI=1S/C5H7N3O3/c6-4(9)2-1-7-5(10)3(2)8-11/h8,11H,1H2,(H2,6,9)(H,7,10). The monoisotopic (exact) mass is 157 g/mol. The predicted molar refractivity (Wildman–Crippen MR) is 34.2 cm³/mol. The molecule has 5 N–H and O–H groups in total. The lowest BCUT2D eigenvalue weighted by molar-refractivity contribution is -0.118. The molecule has 11 heavy (non-hydrogen) atoms. The SMILES string of the molecule is NC(=O)C1=C(NO)C(=O)NC1. The van der Waals surface area contributed by atoms with E-state index in [2.05, 4.69) is 5.32 Å². The van der Waals surface area contributed by atoms with E-state index in [1.165, 1.54) is 0 Å². The van der Waals surface area contributed by atoms with Crippen molar-refractivity contribution in [1.82, 2.24) is 10.8 Å². The third-order valence-electron chi connectivity index (χ3n) is 1.36. The Bertz CT molecular complexity index is 245. The lowest BCUT2D eigenvalue weighted by Gasteiger charge is -1.96. The van der Waals surface area contributed by atoms with Crippen molar-refractivity contribution in [2.24, 2.45) is 5.73 Å². The number of nitrogens with two attached hydrogens (primary N) is 1. The van der Waals surface area contributed by atoms with Gasteiger partial charge >= 0.3 is 0 Å². The zero-order chi connectivity index (χ0) is 8.43. The Balaban J connectivity index is 2.98. The Morgan fingerprint density at radius 3 is 2.73 bits per heavy atom. The van der Waals surface area contributed by atoms with Crippen LogP contribution < -0.4 is 16.5 Å². The van der Waals surface area contributed by atoms with Crippen molar-refractivity contribution in [3.05, 3.63) is 11.3 Å². The second-order valence-electron chi connectivity index (χ2n) is 2.01. The lowest BCUT2D eigenvalue weighted by Crippen LogP contribution is -2.23. The van der Waals surface area contributed by atoms with Gasteiger partial charge in [0.05, 0.1) is 12.1 Å². The third-order valence-corrected chi connectivity index (χ3v) is 1.36. The normalized spacial score (nSPS) is 16.6. The summed E-state index contributed by atoms with van der Waals surface area (Å²) in [6, 6.07) is 0. The highest BCUT2D eigenvalue weighted by Gasteiger charge is 2.25. The van der Waals surface area contributed by atoms with Crippen LogP contribution in [-0.2, 0) is 9.59 Å². The number of hydrogen-bond donors (Lipinski definition) is 4. The van der Waals surface area contributed by atoms with E-state index in [1.54, 1.807) is 5.48 Å². The first-order chi connectivity index (χ1) is 5.16. The van der Waals surface area contributed by atoms with Gasteiger partial charge in [-0.3, -0.25) is 20.3 Å². The Labute approximate surface area is 62.0 Å². The topological polar surface area (TPSA) is 104 Å². The Kier molecular flexibility index (Phi) is 1.77. The summed E-state index contributed by atoms with van der Waals surface area (Å²) in [5, 5.41) is 10.7. The second kappa shape index (κ2) is 2.59. The maximum absolute atomic E-state index is 10.7. The van der Waals surface area contributed by atoms with Crippen molar-refractivity contribution in [2.45, 2.75) is 0 Å². The molecule has 0 saturated heterocycles. The number of carbonyl (C=O) groups excluding carboxylic acids is 2. The summed E-state index contributed by atoms with van der Waals surface area (Å²) < 4.78 is 0. The average molecular weight is 157 g/mol. The molecule has 0 aliphatic carbocycles. The number of hydroxylamine groups is 1. The highest BCUT2D eigenvalue weighted by atomic mass is 16.5. The fourth-order valence-electron chi connectivity index (χ4n) is 0.811. The molecule has 1 aliphatic heterocycles. The second-order valence-corrected chi connectivity index (χ2v) is 2.01. The number of primary amides is 1. The molecule has 1 aliphatic rings. The number of rotatable bonds is 2. The van der Waals surface area contributed by atoms with E-state index in [1.807, 2.05) is 0 Å². The van der Waals surface area contributed by atoms with Crippen LogP contribution in [0.25, 0.3) is 0 Å². The van der Waals surface area contributed by atoms with Gasteiger partial charge in [0.15, 0.2) is 0 Å². The van der Waals surface area contributed by atoms with Crippen LogP contribution in [0.4, 0.5) is 0 Å². The molecular weight excluding hydrogens is 150 g/mol. The Morgan fingerprint density at radius 1 is 1.73 bits per heavy atom. The molecule has 0 saturated carbocycles. The summed E-state index contributed by atoms with van der Waals surface area (Å²) >= 11 is 0. The average Bonchev–Trinajstić information content (AvgIpc) is 2.30. The molecule has 0 aromatic carbocycles. The lowest BCUT2D eigenvalue weighted by atomic mass is 10.2. The summed E-state index contributed by atoms with van der Waals surface area (Å²) in [7, 11) is 0.